The second kappa shape index (κ2) is 5.86. The Kier molecular flexibility index (Phi) is 4.36. The molecule has 2 aromatic rings. The molecule has 0 saturated heterocycles. The number of nitrogen functional groups attached to an aromatic ring is 1. The maximum atomic E-state index is 12.3. The summed E-state index contributed by atoms with van der Waals surface area (Å²) in [5, 5.41) is 0.613. The lowest BCUT2D eigenvalue weighted by atomic mass is 9.99. The lowest BCUT2D eigenvalue weighted by Gasteiger charge is -2.07. The molecule has 0 fully saturated rings. The van der Waals surface area contributed by atoms with Crippen molar-refractivity contribution in [3.05, 3.63) is 62.6 Å². The fraction of sp³-hybridized carbons (Fsp3) is 0.188. The highest BCUT2D eigenvalue weighted by molar-refractivity contribution is 6.39. The highest BCUT2D eigenvalue weighted by atomic mass is 35.5. The van der Waals surface area contributed by atoms with Gasteiger partial charge in [0, 0.05) is 12.0 Å². The smallest absolute Gasteiger partial charge is 0.167 e. The summed E-state index contributed by atoms with van der Waals surface area (Å²) >= 11 is 11.9. The van der Waals surface area contributed by atoms with Gasteiger partial charge in [0.25, 0.3) is 0 Å². The monoisotopic (exact) mass is 307 g/mol. The predicted molar refractivity (Wildman–Crippen MR) is 84.8 cm³/mol. The molecule has 0 bridgehead atoms. The highest BCUT2D eigenvalue weighted by Crippen LogP contribution is 2.29. The predicted octanol–water partition coefficient (Wildman–Crippen LogP) is 4.62. The number of benzene rings is 2. The number of nitrogens with two attached hydrogens (primary N) is 1. The van der Waals surface area contributed by atoms with E-state index < -0.39 is 0 Å². The van der Waals surface area contributed by atoms with Crippen molar-refractivity contribution >= 4 is 34.7 Å². The molecule has 0 radical (unpaired) electrons. The molecule has 2 aromatic carbocycles. The molecule has 0 aliphatic rings. The molecular formula is C16H15Cl2NO. The number of halogens is 2. The van der Waals surface area contributed by atoms with Gasteiger partial charge in [-0.3, -0.25) is 4.79 Å². The molecule has 0 heterocycles. The maximum Gasteiger partial charge on any atom is 0.167 e. The van der Waals surface area contributed by atoms with Crippen molar-refractivity contribution in [3.63, 3.8) is 0 Å². The topological polar surface area (TPSA) is 43.1 Å². The Balaban J connectivity index is 2.26. The molecule has 0 spiro atoms. The summed E-state index contributed by atoms with van der Waals surface area (Å²) in [6.07, 6.45) is 0.317. The number of rotatable bonds is 3. The average Bonchev–Trinajstić information content (AvgIpc) is 2.39. The quantitative estimate of drug-likeness (QED) is 0.664. The van der Waals surface area contributed by atoms with Crippen molar-refractivity contribution in [2.75, 3.05) is 5.73 Å². The van der Waals surface area contributed by atoms with Crippen LogP contribution in [0.2, 0.25) is 10.0 Å². The largest absolute Gasteiger partial charge is 0.396 e. The minimum Gasteiger partial charge on any atom is -0.396 e. The number of carbonyl (C=O) groups excluding carboxylic acids is 1. The van der Waals surface area contributed by atoms with Gasteiger partial charge in [0.05, 0.1) is 15.7 Å². The molecule has 20 heavy (non-hydrogen) atoms. The molecule has 2 rings (SSSR count). The van der Waals surface area contributed by atoms with Gasteiger partial charge in [0.15, 0.2) is 5.78 Å². The van der Waals surface area contributed by atoms with Crippen LogP contribution in [0.4, 0.5) is 5.69 Å². The van der Waals surface area contributed by atoms with E-state index in [9.17, 15) is 4.79 Å². The number of aryl methyl sites for hydroxylation is 2. The number of hydrogen-bond donors (Lipinski definition) is 1. The second-order valence-corrected chi connectivity index (χ2v) is 5.69. The zero-order valence-electron chi connectivity index (χ0n) is 11.3. The summed E-state index contributed by atoms with van der Waals surface area (Å²) in [4.78, 5) is 12.3. The van der Waals surface area contributed by atoms with Crippen molar-refractivity contribution < 1.29 is 4.79 Å². The van der Waals surface area contributed by atoms with E-state index in [1.165, 1.54) is 11.1 Å². The Labute approximate surface area is 128 Å². The zero-order chi connectivity index (χ0) is 14.9. The van der Waals surface area contributed by atoms with Crippen LogP contribution in [-0.2, 0) is 6.42 Å². The first-order valence-electron chi connectivity index (χ1n) is 6.22. The van der Waals surface area contributed by atoms with Gasteiger partial charge in [0.2, 0.25) is 0 Å². The molecule has 104 valence electrons. The number of ketones is 1. The summed E-state index contributed by atoms with van der Waals surface area (Å²) in [6, 6.07) is 9.12. The van der Waals surface area contributed by atoms with Crippen molar-refractivity contribution in [2.24, 2.45) is 0 Å². The minimum atomic E-state index is -0.0305. The van der Waals surface area contributed by atoms with Gasteiger partial charge in [-0.05, 0) is 42.7 Å². The highest BCUT2D eigenvalue weighted by Gasteiger charge is 2.12. The number of Topliss-reactive ketones (excluding diaryl/α,β-unsaturated/α-hetero) is 1. The Morgan fingerprint density at radius 1 is 1.05 bits per heavy atom. The minimum absolute atomic E-state index is 0.0305. The van der Waals surface area contributed by atoms with E-state index in [4.69, 9.17) is 28.9 Å². The van der Waals surface area contributed by atoms with E-state index in [2.05, 4.69) is 0 Å². The van der Waals surface area contributed by atoms with Crippen molar-refractivity contribution in [1.82, 2.24) is 0 Å². The fourth-order valence-corrected chi connectivity index (χ4v) is 2.43. The van der Waals surface area contributed by atoms with E-state index in [-0.39, 0.29) is 5.78 Å². The van der Waals surface area contributed by atoms with Crippen LogP contribution in [0.25, 0.3) is 0 Å². The Hall–Kier alpha value is -1.51. The zero-order valence-corrected chi connectivity index (χ0v) is 12.8. The van der Waals surface area contributed by atoms with Crippen LogP contribution in [0.3, 0.4) is 0 Å². The first-order valence-corrected chi connectivity index (χ1v) is 6.98. The SMILES string of the molecule is Cc1ccc(CC(=O)c2cc(Cl)c(N)c(Cl)c2)cc1C. The Morgan fingerprint density at radius 2 is 1.65 bits per heavy atom. The summed E-state index contributed by atoms with van der Waals surface area (Å²) in [5.74, 6) is -0.0305. The molecule has 4 heteroatoms. The first-order chi connectivity index (χ1) is 9.38. The van der Waals surface area contributed by atoms with Gasteiger partial charge in [-0.2, -0.15) is 0 Å². The van der Waals surface area contributed by atoms with Crippen LogP contribution in [0, 0.1) is 13.8 Å². The molecular weight excluding hydrogens is 293 g/mol. The molecule has 0 aliphatic heterocycles. The normalized spacial score (nSPS) is 10.6. The maximum absolute atomic E-state index is 12.3. The number of anilines is 1. The average molecular weight is 308 g/mol. The van der Waals surface area contributed by atoms with Gasteiger partial charge in [0.1, 0.15) is 0 Å². The van der Waals surface area contributed by atoms with Gasteiger partial charge in [-0.25, -0.2) is 0 Å². The third-order valence-corrected chi connectivity index (χ3v) is 3.96. The Bertz CT molecular complexity index is 657. The summed E-state index contributed by atoms with van der Waals surface area (Å²) in [6.45, 7) is 4.07. The van der Waals surface area contributed by atoms with Crippen LogP contribution < -0.4 is 5.73 Å². The van der Waals surface area contributed by atoms with Crippen molar-refractivity contribution in [1.29, 1.82) is 0 Å². The second-order valence-electron chi connectivity index (χ2n) is 4.87. The van der Waals surface area contributed by atoms with Crippen LogP contribution in [-0.4, -0.2) is 5.78 Å². The molecule has 0 amide bonds. The number of carbonyl (C=O) groups is 1. The molecule has 2 N–H and O–H groups in total. The molecule has 0 saturated carbocycles. The van der Waals surface area contributed by atoms with Crippen LogP contribution in [0.1, 0.15) is 27.0 Å². The van der Waals surface area contributed by atoms with E-state index in [0.29, 0.717) is 27.7 Å². The third kappa shape index (κ3) is 3.14. The molecule has 2 nitrogen and oxygen atoms in total. The van der Waals surface area contributed by atoms with Gasteiger partial charge in [-0.1, -0.05) is 41.4 Å². The lowest BCUT2D eigenvalue weighted by Crippen LogP contribution is -2.05. The molecule has 0 atom stereocenters. The van der Waals surface area contributed by atoms with Gasteiger partial charge >= 0.3 is 0 Å². The van der Waals surface area contributed by atoms with Crippen molar-refractivity contribution in [3.8, 4) is 0 Å². The number of hydrogen-bond acceptors (Lipinski definition) is 2. The first kappa shape index (κ1) is 14.9. The lowest BCUT2D eigenvalue weighted by molar-refractivity contribution is 0.0993. The van der Waals surface area contributed by atoms with Gasteiger partial charge in [-0.15, -0.1) is 0 Å². The summed E-state index contributed by atoms with van der Waals surface area (Å²) in [5.41, 5.74) is 9.80. The van der Waals surface area contributed by atoms with Crippen LogP contribution in [0.5, 0.6) is 0 Å². The standard InChI is InChI=1S/C16H15Cl2NO/c1-9-3-4-11(5-10(9)2)6-15(20)12-7-13(17)16(19)14(18)8-12/h3-5,7-8H,6,19H2,1-2H3. The Morgan fingerprint density at radius 3 is 2.20 bits per heavy atom. The fourth-order valence-electron chi connectivity index (χ4n) is 1.95. The van der Waals surface area contributed by atoms with Crippen LogP contribution >= 0.6 is 23.2 Å². The van der Waals surface area contributed by atoms with E-state index in [1.54, 1.807) is 12.1 Å². The summed E-state index contributed by atoms with van der Waals surface area (Å²) < 4.78 is 0. The molecule has 0 unspecified atom stereocenters. The third-order valence-electron chi connectivity index (χ3n) is 3.34. The summed E-state index contributed by atoms with van der Waals surface area (Å²) in [7, 11) is 0. The van der Waals surface area contributed by atoms with E-state index in [1.807, 2.05) is 32.0 Å². The van der Waals surface area contributed by atoms with Crippen LogP contribution in [0.15, 0.2) is 30.3 Å². The van der Waals surface area contributed by atoms with Crippen molar-refractivity contribution in [2.45, 2.75) is 20.3 Å². The molecule has 0 aliphatic carbocycles. The molecule has 0 aromatic heterocycles. The van der Waals surface area contributed by atoms with Gasteiger partial charge < -0.3 is 5.73 Å². The van der Waals surface area contributed by atoms with E-state index >= 15 is 0 Å². The van der Waals surface area contributed by atoms with E-state index in [0.717, 1.165) is 5.56 Å².